The number of carbonyl (C=O) groups excluding carboxylic acids is 2. The number of nitrogens with zero attached hydrogens (tertiary/aromatic N) is 1. The molecule has 1 atom stereocenters. The van der Waals surface area contributed by atoms with E-state index < -0.39 is 11.8 Å². The predicted octanol–water partition coefficient (Wildman–Crippen LogP) is 3.12. The summed E-state index contributed by atoms with van der Waals surface area (Å²) in [6.07, 6.45) is 3.24. The number of anilines is 2. The van der Waals surface area contributed by atoms with Gasteiger partial charge in [0.25, 0.3) is 5.91 Å². The molecular formula is C23H21FN4O5. The molecule has 2 aliphatic heterocycles. The van der Waals surface area contributed by atoms with Crippen LogP contribution in [0.25, 0.3) is 11.3 Å². The standard InChI is InChI=1S/C23H21FN4O5/c1-31-22-14(24)3-2-4-15(22)27-21-18-19-12(10-26-23(18)30)9-17(29)33-8-7-32-16-11-25-6-5-13(16)20(21)28-19/h2-6,11-12,27-28H,7-10H2,1H3,(H,26,30)/t12-/m0/s1. The van der Waals surface area contributed by atoms with Crippen LogP contribution in [0.15, 0.2) is 36.7 Å². The molecule has 0 spiro atoms. The van der Waals surface area contributed by atoms with Gasteiger partial charge in [-0.05, 0) is 18.2 Å². The minimum atomic E-state index is -0.544. The second-order valence-corrected chi connectivity index (χ2v) is 7.66. The fourth-order valence-electron chi connectivity index (χ4n) is 4.19. The highest BCUT2D eigenvalue weighted by Crippen LogP contribution is 2.44. The number of rotatable bonds is 3. The van der Waals surface area contributed by atoms with Crippen molar-refractivity contribution in [1.29, 1.82) is 0 Å². The zero-order valence-electron chi connectivity index (χ0n) is 17.7. The fraction of sp³-hybridized carbons (Fsp3) is 0.261. The number of halogens is 1. The van der Waals surface area contributed by atoms with Crippen molar-refractivity contribution >= 4 is 23.3 Å². The first-order valence-electron chi connectivity index (χ1n) is 10.4. The molecule has 1 aromatic carbocycles. The van der Waals surface area contributed by atoms with Gasteiger partial charge in [0.05, 0.1) is 42.4 Å². The molecule has 0 aliphatic carbocycles. The quantitative estimate of drug-likeness (QED) is 0.523. The molecule has 2 aromatic heterocycles. The summed E-state index contributed by atoms with van der Waals surface area (Å²) in [5.74, 6) is -1.12. The van der Waals surface area contributed by atoms with Gasteiger partial charge in [-0.25, -0.2) is 4.39 Å². The van der Waals surface area contributed by atoms with Gasteiger partial charge in [0.2, 0.25) is 0 Å². The average molecular weight is 452 g/mol. The molecule has 10 heteroatoms. The Balaban J connectivity index is 1.74. The van der Waals surface area contributed by atoms with Crippen LogP contribution >= 0.6 is 0 Å². The summed E-state index contributed by atoms with van der Waals surface area (Å²) in [4.78, 5) is 32.8. The molecule has 0 unspecified atom stereocenters. The van der Waals surface area contributed by atoms with E-state index >= 15 is 0 Å². The van der Waals surface area contributed by atoms with Gasteiger partial charge in [0.15, 0.2) is 11.6 Å². The number of hydrogen-bond acceptors (Lipinski definition) is 7. The lowest BCUT2D eigenvalue weighted by Crippen LogP contribution is -2.36. The van der Waals surface area contributed by atoms with Crippen LogP contribution in [-0.4, -0.2) is 48.7 Å². The molecule has 3 aromatic rings. The maximum absolute atomic E-state index is 14.4. The molecule has 9 nitrogen and oxygen atoms in total. The Hall–Kier alpha value is -4.08. The monoisotopic (exact) mass is 452 g/mol. The molecule has 33 heavy (non-hydrogen) atoms. The highest BCUT2D eigenvalue weighted by molar-refractivity contribution is 6.07. The van der Waals surface area contributed by atoms with Crippen LogP contribution in [0.5, 0.6) is 11.5 Å². The smallest absolute Gasteiger partial charge is 0.306 e. The van der Waals surface area contributed by atoms with Gasteiger partial charge >= 0.3 is 5.97 Å². The number of benzene rings is 1. The predicted molar refractivity (Wildman–Crippen MR) is 116 cm³/mol. The van der Waals surface area contributed by atoms with Crippen molar-refractivity contribution in [2.75, 3.05) is 32.2 Å². The van der Waals surface area contributed by atoms with E-state index in [2.05, 4.69) is 20.6 Å². The van der Waals surface area contributed by atoms with E-state index in [0.717, 1.165) is 0 Å². The molecule has 1 amide bonds. The van der Waals surface area contributed by atoms with E-state index in [0.29, 0.717) is 39.6 Å². The van der Waals surface area contributed by atoms with Crippen LogP contribution in [-0.2, 0) is 9.53 Å². The highest BCUT2D eigenvalue weighted by Gasteiger charge is 2.35. The number of methoxy groups -OCH3 is 1. The summed E-state index contributed by atoms with van der Waals surface area (Å²) in [6, 6.07) is 6.24. The number of fused-ring (bicyclic) bond motifs is 3. The number of carbonyl (C=O) groups is 2. The van der Waals surface area contributed by atoms with Crippen molar-refractivity contribution in [2.45, 2.75) is 12.3 Å². The van der Waals surface area contributed by atoms with Crippen LogP contribution in [0.3, 0.4) is 0 Å². The molecule has 0 saturated carbocycles. The van der Waals surface area contributed by atoms with Crippen molar-refractivity contribution < 1.29 is 28.2 Å². The molecule has 0 saturated heterocycles. The topological polar surface area (TPSA) is 115 Å². The number of aromatic amines is 1. The lowest BCUT2D eigenvalue weighted by molar-refractivity contribution is -0.144. The van der Waals surface area contributed by atoms with E-state index in [4.69, 9.17) is 14.2 Å². The third kappa shape index (κ3) is 3.73. The number of nitrogens with one attached hydrogen (secondary N) is 3. The Labute approximate surface area is 188 Å². The summed E-state index contributed by atoms with van der Waals surface area (Å²) in [5, 5.41) is 6.02. The number of H-pyrrole nitrogens is 1. The zero-order chi connectivity index (χ0) is 22.9. The number of ether oxygens (including phenoxy) is 3. The molecule has 5 rings (SSSR count). The normalized spacial score (nSPS) is 17.5. The molecule has 0 radical (unpaired) electrons. The van der Waals surface area contributed by atoms with Crippen LogP contribution in [0, 0.1) is 5.82 Å². The van der Waals surface area contributed by atoms with E-state index in [9.17, 15) is 14.0 Å². The second-order valence-electron chi connectivity index (χ2n) is 7.66. The zero-order valence-corrected chi connectivity index (χ0v) is 17.7. The lowest BCUT2D eigenvalue weighted by atomic mass is 9.93. The maximum atomic E-state index is 14.4. The van der Waals surface area contributed by atoms with Gasteiger partial charge in [-0.15, -0.1) is 0 Å². The summed E-state index contributed by atoms with van der Waals surface area (Å²) in [5.41, 5.74) is 2.89. The second kappa shape index (κ2) is 8.45. The first-order chi connectivity index (χ1) is 16.1. The van der Waals surface area contributed by atoms with Crippen LogP contribution in [0.2, 0.25) is 0 Å². The average Bonchev–Trinajstić information content (AvgIpc) is 3.18. The number of aromatic nitrogens is 2. The molecule has 2 aliphatic rings. The third-order valence-electron chi connectivity index (χ3n) is 5.67. The summed E-state index contributed by atoms with van der Waals surface area (Å²) < 4.78 is 30.7. The van der Waals surface area contributed by atoms with E-state index in [1.165, 1.54) is 13.2 Å². The van der Waals surface area contributed by atoms with E-state index in [1.807, 2.05) is 0 Å². The molecular weight excluding hydrogens is 431 g/mol. The Kier molecular flexibility index (Phi) is 5.33. The minimum Gasteiger partial charge on any atom is -0.492 e. The number of amides is 1. The van der Waals surface area contributed by atoms with E-state index in [-0.39, 0.29) is 43.8 Å². The summed E-state index contributed by atoms with van der Waals surface area (Å²) in [7, 11) is 1.37. The van der Waals surface area contributed by atoms with E-state index in [1.54, 1.807) is 30.6 Å². The number of esters is 1. The summed E-state index contributed by atoms with van der Waals surface area (Å²) >= 11 is 0. The number of hydrogen-bond donors (Lipinski definition) is 3. The summed E-state index contributed by atoms with van der Waals surface area (Å²) in [6.45, 7) is 0.521. The number of pyridine rings is 1. The van der Waals surface area contributed by atoms with Crippen LogP contribution < -0.4 is 20.1 Å². The first kappa shape index (κ1) is 20.8. The van der Waals surface area contributed by atoms with Crippen molar-refractivity contribution in [3.8, 4) is 22.8 Å². The molecule has 3 N–H and O–H groups in total. The number of para-hydroxylation sites is 1. The van der Waals surface area contributed by atoms with Crippen LogP contribution in [0.1, 0.15) is 28.4 Å². The number of cyclic esters (lactones) is 1. The van der Waals surface area contributed by atoms with Gasteiger partial charge in [-0.2, -0.15) is 0 Å². The Morgan fingerprint density at radius 3 is 2.91 bits per heavy atom. The van der Waals surface area contributed by atoms with Crippen molar-refractivity contribution in [3.05, 3.63) is 53.7 Å². The Morgan fingerprint density at radius 1 is 1.21 bits per heavy atom. The molecule has 170 valence electrons. The van der Waals surface area contributed by atoms with Crippen molar-refractivity contribution in [1.82, 2.24) is 15.3 Å². The Morgan fingerprint density at radius 2 is 2.06 bits per heavy atom. The van der Waals surface area contributed by atoms with Crippen molar-refractivity contribution in [2.24, 2.45) is 0 Å². The highest BCUT2D eigenvalue weighted by atomic mass is 19.1. The minimum absolute atomic E-state index is 0.0128. The Bertz CT molecular complexity index is 1240. The van der Waals surface area contributed by atoms with Gasteiger partial charge in [0.1, 0.15) is 19.0 Å². The molecule has 2 bridgehead atoms. The van der Waals surface area contributed by atoms with Crippen LogP contribution in [0.4, 0.5) is 15.8 Å². The molecule has 0 fully saturated rings. The largest absolute Gasteiger partial charge is 0.492 e. The SMILES string of the molecule is COc1c(F)cccc1Nc1c2[nH]c3c1C(=O)NC[C@@H]3CC(=O)OCCOc1cnccc1-2. The third-order valence-corrected chi connectivity index (χ3v) is 5.67. The first-order valence-corrected chi connectivity index (χ1v) is 10.4. The van der Waals surface area contributed by atoms with Gasteiger partial charge in [-0.3, -0.25) is 14.6 Å². The lowest BCUT2D eigenvalue weighted by Gasteiger charge is -2.23. The maximum Gasteiger partial charge on any atom is 0.306 e. The fourth-order valence-corrected chi connectivity index (χ4v) is 4.19. The van der Waals surface area contributed by atoms with Gasteiger partial charge in [0, 0.05) is 29.9 Å². The van der Waals surface area contributed by atoms with Gasteiger partial charge in [-0.1, -0.05) is 6.07 Å². The molecule has 4 heterocycles. The van der Waals surface area contributed by atoms with Crippen molar-refractivity contribution in [3.63, 3.8) is 0 Å². The van der Waals surface area contributed by atoms with Gasteiger partial charge < -0.3 is 29.8 Å².